The van der Waals surface area contributed by atoms with E-state index in [4.69, 9.17) is 5.11 Å². The second-order valence-electron chi connectivity index (χ2n) is 5.05. The van der Waals surface area contributed by atoms with E-state index in [1.54, 1.807) is 0 Å². The summed E-state index contributed by atoms with van der Waals surface area (Å²) in [6.07, 6.45) is -4.47. The van der Waals surface area contributed by atoms with Gasteiger partial charge in [-0.15, -0.1) is 0 Å². The van der Waals surface area contributed by atoms with Gasteiger partial charge in [-0.1, -0.05) is 4.72 Å². The number of carboxylic acid groups (broad SMARTS) is 1. The topological polar surface area (TPSA) is 98.7 Å². The molecular formula is C16H14F3N2O4S+. The van der Waals surface area contributed by atoms with Crippen molar-refractivity contribution in [3.05, 3.63) is 59.7 Å². The van der Waals surface area contributed by atoms with Crippen LogP contribution in [-0.4, -0.2) is 28.1 Å². The van der Waals surface area contributed by atoms with Crippen LogP contribution in [0.15, 0.2) is 53.4 Å². The molecule has 1 amide bonds. The highest BCUT2D eigenvalue weighted by Gasteiger charge is 2.30. The number of aliphatic carboxylic acids is 1. The number of nitrogens with one attached hydrogen (secondary N) is 2. The molecule has 0 aliphatic rings. The molecule has 2 rings (SSSR count). The summed E-state index contributed by atoms with van der Waals surface area (Å²) in [6.45, 7) is -0.411. The first-order valence-corrected chi connectivity index (χ1v) is 8.32. The summed E-state index contributed by atoms with van der Waals surface area (Å²) in [6, 6.07) is 9.74. The molecule has 4 N–H and O–H groups in total. The molecule has 26 heavy (non-hydrogen) atoms. The zero-order chi connectivity index (χ0) is 19.3. The molecule has 0 radical (unpaired) electrons. The molecule has 10 heteroatoms. The van der Waals surface area contributed by atoms with Crippen LogP contribution < -0.4 is 10.0 Å². The van der Waals surface area contributed by atoms with Crippen molar-refractivity contribution in [2.75, 3.05) is 11.9 Å². The van der Waals surface area contributed by atoms with E-state index in [1.165, 1.54) is 24.3 Å². The number of halogens is 3. The van der Waals surface area contributed by atoms with Gasteiger partial charge in [-0.25, -0.2) is 0 Å². The first-order chi connectivity index (χ1) is 12.2. The molecule has 2 aromatic rings. The third kappa shape index (κ3) is 5.48. The molecule has 0 aliphatic heterocycles. The van der Waals surface area contributed by atoms with E-state index in [0.29, 0.717) is 10.6 Å². The van der Waals surface area contributed by atoms with Crippen LogP contribution >= 0.6 is 0 Å². The van der Waals surface area contributed by atoms with Crippen molar-refractivity contribution >= 4 is 28.9 Å². The van der Waals surface area contributed by atoms with E-state index >= 15 is 0 Å². The number of rotatable bonds is 6. The fraction of sp³-hybridized carbons (Fsp3) is 0.125. The Balaban J connectivity index is 2.00. The predicted molar refractivity (Wildman–Crippen MR) is 89.7 cm³/mol. The average molecular weight is 387 g/mol. The van der Waals surface area contributed by atoms with E-state index in [0.717, 1.165) is 24.3 Å². The number of carbonyl (C=O) groups excluding carboxylic acids is 1. The lowest BCUT2D eigenvalue weighted by Crippen LogP contribution is -2.29. The fourth-order valence-corrected chi connectivity index (χ4v) is 2.72. The zero-order valence-electron chi connectivity index (χ0n) is 13.1. The van der Waals surface area contributed by atoms with Gasteiger partial charge in [0.15, 0.2) is 0 Å². The first kappa shape index (κ1) is 19.8. The smallest absolute Gasteiger partial charge is 0.416 e. The third-order valence-corrected chi connectivity index (χ3v) is 4.31. The molecule has 1 unspecified atom stereocenters. The highest BCUT2D eigenvalue weighted by Crippen LogP contribution is 2.29. The lowest BCUT2D eigenvalue weighted by molar-refractivity contribution is -0.137. The third-order valence-electron chi connectivity index (χ3n) is 3.17. The van der Waals surface area contributed by atoms with Crippen molar-refractivity contribution in [1.82, 2.24) is 4.72 Å². The summed E-state index contributed by atoms with van der Waals surface area (Å²) in [7, 11) is 0. The molecule has 138 valence electrons. The van der Waals surface area contributed by atoms with E-state index in [-0.39, 0.29) is 5.56 Å². The van der Waals surface area contributed by atoms with Gasteiger partial charge in [0, 0.05) is 23.4 Å². The zero-order valence-corrected chi connectivity index (χ0v) is 13.9. The van der Waals surface area contributed by atoms with Gasteiger partial charge in [0.2, 0.25) is 4.90 Å². The maximum absolute atomic E-state index is 12.5. The molecule has 0 heterocycles. The number of carboxylic acids is 1. The van der Waals surface area contributed by atoms with Gasteiger partial charge in [-0.2, -0.15) is 17.7 Å². The van der Waals surface area contributed by atoms with Crippen molar-refractivity contribution in [3.63, 3.8) is 0 Å². The van der Waals surface area contributed by atoms with Crippen LogP contribution in [0.1, 0.15) is 15.9 Å². The largest absolute Gasteiger partial charge is 0.480 e. The number of amides is 1. The number of carbonyl (C=O) groups is 2. The van der Waals surface area contributed by atoms with E-state index < -0.39 is 41.5 Å². The van der Waals surface area contributed by atoms with Gasteiger partial charge in [0.1, 0.15) is 6.54 Å². The van der Waals surface area contributed by atoms with E-state index in [1.807, 2.05) is 0 Å². The summed E-state index contributed by atoms with van der Waals surface area (Å²) in [4.78, 5) is 22.9. The highest BCUT2D eigenvalue weighted by atomic mass is 32.2. The molecule has 6 nitrogen and oxygen atoms in total. The van der Waals surface area contributed by atoms with Crippen molar-refractivity contribution < 1.29 is 32.4 Å². The van der Waals surface area contributed by atoms with Crippen LogP contribution in [0.25, 0.3) is 0 Å². The second-order valence-corrected chi connectivity index (χ2v) is 6.38. The Morgan fingerprint density at radius 1 is 1.00 bits per heavy atom. The predicted octanol–water partition coefficient (Wildman–Crippen LogP) is 3.00. The van der Waals surface area contributed by atoms with E-state index in [9.17, 15) is 27.3 Å². The fourth-order valence-electron chi connectivity index (χ4n) is 1.89. The molecule has 0 aliphatic carbocycles. The molecule has 0 aromatic heterocycles. The highest BCUT2D eigenvalue weighted by molar-refractivity contribution is 7.89. The summed E-state index contributed by atoms with van der Waals surface area (Å²) < 4.78 is 49.7. The summed E-state index contributed by atoms with van der Waals surface area (Å²) in [5.41, 5.74) is -0.414. The van der Waals surface area contributed by atoms with Crippen molar-refractivity contribution in [1.29, 1.82) is 0 Å². The molecule has 2 aromatic carbocycles. The number of benzene rings is 2. The van der Waals surface area contributed by atoms with Crippen molar-refractivity contribution in [2.45, 2.75) is 11.1 Å². The molecule has 1 atom stereocenters. The van der Waals surface area contributed by atoms with Crippen LogP contribution in [0.4, 0.5) is 18.9 Å². The molecule has 0 bridgehead atoms. The SMILES string of the molecule is O=C(O)CN[S+](O)c1ccc(NC(=O)c2ccc(C(F)(F)F)cc2)cc1. The van der Waals surface area contributed by atoms with Crippen LogP contribution in [0.3, 0.4) is 0 Å². The lowest BCUT2D eigenvalue weighted by Gasteiger charge is -2.08. The van der Waals surface area contributed by atoms with Crippen LogP contribution in [0.5, 0.6) is 0 Å². The Morgan fingerprint density at radius 2 is 1.58 bits per heavy atom. The van der Waals surface area contributed by atoms with E-state index in [2.05, 4.69) is 10.0 Å². The van der Waals surface area contributed by atoms with Gasteiger partial charge in [0.25, 0.3) is 17.3 Å². The van der Waals surface area contributed by atoms with Crippen LogP contribution in [-0.2, 0) is 22.3 Å². The Kier molecular flexibility index (Phi) is 6.24. The summed E-state index contributed by atoms with van der Waals surface area (Å²) >= 11 is -1.47. The van der Waals surface area contributed by atoms with Crippen LogP contribution in [0.2, 0.25) is 0 Å². The van der Waals surface area contributed by atoms with Crippen LogP contribution in [0, 0.1) is 0 Å². The van der Waals surface area contributed by atoms with Gasteiger partial charge >= 0.3 is 12.1 Å². The Morgan fingerprint density at radius 3 is 2.08 bits per heavy atom. The summed E-state index contributed by atoms with van der Waals surface area (Å²) in [5.74, 6) is -1.70. The molecule has 0 saturated carbocycles. The van der Waals surface area contributed by atoms with Gasteiger partial charge < -0.3 is 10.4 Å². The van der Waals surface area contributed by atoms with Gasteiger partial charge in [-0.05, 0) is 36.4 Å². The Hall–Kier alpha value is -2.56. The number of hydrogen-bond donors (Lipinski definition) is 4. The minimum Gasteiger partial charge on any atom is -0.480 e. The van der Waals surface area contributed by atoms with Crippen molar-refractivity contribution in [2.24, 2.45) is 0 Å². The first-order valence-electron chi connectivity index (χ1n) is 7.14. The van der Waals surface area contributed by atoms with Crippen molar-refractivity contribution in [3.8, 4) is 0 Å². The Labute approximate surface area is 149 Å². The minimum atomic E-state index is -4.47. The molecule has 0 saturated heterocycles. The lowest BCUT2D eigenvalue weighted by atomic mass is 10.1. The number of alkyl halides is 3. The maximum atomic E-state index is 12.5. The molecular weight excluding hydrogens is 373 g/mol. The monoisotopic (exact) mass is 387 g/mol. The average Bonchev–Trinajstić information content (AvgIpc) is 2.59. The number of anilines is 1. The second kappa shape index (κ2) is 8.21. The molecule has 0 fully saturated rings. The maximum Gasteiger partial charge on any atom is 0.416 e. The standard InChI is InChI=1S/C16H13F3N2O4S/c17-16(18,19)11-3-1-10(2-4-11)15(24)21-12-5-7-13(8-6-12)26(25)20-9-14(22)23/h1-8,20,25H,9H2,(H-,21,22,23,24)/p+1. The number of hydrogen-bond acceptors (Lipinski definition) is 4. The normalized spacial score (nSPS) is 12.5. The minimum absolute atomic E-state index is 0.0621. The Bertz CT molecular complexity index is 780. The quantitative estimate of drug-likeness (QED) is 0.571. The molecule has 0 spiro atoms. The van der Waals surface area contributed by atoms with Gasteiger partial charge in [-0.3, -0.25) is 9.59 Å². The summed E-state index contributed by atoms with van der Waals surface area (Å²) in [5, 5.41) is 11.1. The van der Waals surface area contributed by atoms with Gasteiger partial charge in [0.05, 0.1) is 5.56 Å².